The zero-order valence-electron chi connectivity index (χ0n) is 8.12. The van der Waals surface area contributed by atoms with Crippen molar-refractivity contribution in [2.24, 2.45) is 5.92 Å². The first-order chi connectivity index (χ1) is 6.27. The zero-order valence-corrected chi connectivity index (χ0v) is 8.12. The summed E-state index contributed by atoms with van der Waals surface area (Å²) < 4.78 is 0. The van der Waals surface area contributed by atoms with E-state index in [1.165, 1.54) is 0 Å². The molecule has 0 aliphatic heterocycles. The van der Waals surface area contributed by atoms with Crippen LogP contribution in [0.3, 0.4) is 0 Å². The topological polar surface area (TPSA) is 42.8 Å². The molecule has 0 aliphatic carbocycles. The van der Waals surface area contributed by atoms with Gasteiger partial charge in [0.25, 0.3) is 0 Å². The van der Waals surface area contributed by atoms with Crippen LogP contribution in [-0.2, 0) is 0 Å². The van der Waals surface area contributed by atoms with E-state index in [-0.39, 0.29) is 5.92 Å². The number of anilines is 1. The van der Waals surface area contributed by atoms with Crippen LogP contribution in [0.2, 0.25) is 0 Å². The summed E-state index contributed by atoms with van der Waals surface area (Å²) in [4.78, 5) is 5.17. The molecular formula is C10H15N3. The van der Waals surface area contributed by atoms with Gasteiger partial charge in [-0.2, -0.15) is 5.26 Å². The van der Waals surface area contributed by atoms with Crippen LogP contribution < -0.4 is 4.90 Å². The molecule has 0 aromatic carbocycles. The van der Waals surface area contributed by atoms with E-state index in [1.54, 1.807) is 0 Å². The van der Waals surface area contributed by atoms with Crippen LogP contribution >= 0.6 is 0 Å². The Labute approximate surface area is 79.0 Å². The maximum Gasteiger partial charge on any atom is 0.105 e. The molecule has 1 atom stereocenters. The highest BCUT2D eigenvalue weighted by molar-refractivity contribution is 5.37. The highest BCUT2D eigenvalue weighted by atomic mass is 15.2. The van der Waals surface area contributed by atoms with Crippen molar-refractivity contribution >= 4 is 5.82 Å². The normalized spacial score (nSPS) is 12.1. The lowest BCUT2D eigenvalue weighted by Crippen LogP contribution is -2.24. The van der Waals surface area contributed by atoms with E-state index >= 15 is 0 Å². The number of nitrogens with zero attached hydrogens (tertiary/aromatic N) is 2. The SMILES string of the molecule is CCC(C#N)CN(C)c1ccc[nH]1. The minimum Gasteiger partial charge on any atom is -0.360 e. The summed E-state index contributed by atoms with van der Waals surface area (Å²) >= 11 is 0. The van der Waals surface area contributed by atoms with Crippen molar-refractivity contribution in [2.45, 2.75) is 13.3 Å². The van der Waals surface area contributed by atoms with E-state index in [2.05, 4.69) is 16.0 Å². The first kappa shape index (κ1) is 9.66. The number of aromatic amines is 1. The molecule has 1 N–H and O–H groups in total. The summed E-state index contributed by atoms with van der Waals surface area (Å²) in [6.45, 7) is 2.82. The maximum absolute atomic E-state index is 8.79. The lowest BCUT2D eigenvalue weighted by molar-refractivity contribution is 0.629. The zero-order chi connectivity index (χ0) is 9.68. The summed E-state index contributed by atoms with van der Waals surface area (Å²) in [6, 6.07) is 6.25. The standard InChI is InChI=1S/C10H15N3/c1-3-9(7-11)8-13(2)10-5-4-6-12-10/h4-6,9,12H,3,8H2,1-2H3. The largest absolute Gasteiger partial charge is 0.360 e. The molecule has 0 amide bonds. The summed E-state index contributed by atoms with van der Waals surface area (Å²) in [5.41, 5.74) is 0. The van der Waals surface area contributed by atoms with Gasteiger partial charge < -0.3 is 9.88 Å². The monoisotopic (exact) mass is 177 g/mol. The molecule has 0 fully saturated rings. The summed E-state index contributed by atoms with van der Waals surface area (Å²) in [7, 11) is 1.99. The number of aromatic nitrogens is 1. The van der Waals surface area contributed by atoms with Gasteiger partial charge in [-0.3, -0.25) is 0 Å². The molecular weight excluding hydrogens is 162 g/mol. The second-order valence-electron chi connectivity index (χ2n) is 3.17. The van der Waals surface area contributed by atoms with Gasteiger partial charge in [0, 0.05) is 19.8 Å². The molecule has 0 saturated heterocycles. The molecule has 13 heavy (non-hydrogen) atoms. The fourth-order valence-electron chi connectivity index (χ4n) is 1.25. The van der Waals surface area contributed by atoms with Gasteiger partial charge in [-0.1, -0.05) is 6.92 Å². The molecule has 1 unspecified atom stereocenters. The van der Waals surface area contributed by atoms with E-state index in [0.29, 0.717) is 0 Å². The second-order valence-corrected chi connectivity index (χ2v) is 3.17. The Balaban J connectivity index is 2.51. The number of hydrogen-bond donors (Lipinski definition) is 1. The van der Waals surface area contributed by atoms with Crippen molar-refractivity contribution in [3.05, 3.63) is 18.3 Å². The van der Waals surface area contributed by atoms with Gasteiger partial charge in [0.1, 0.15) is 5.82 Å². The predicted molar refractivity (Wildman–Crippen MR) is 53.5 cm³/mol. The summed E-state index contributed by atoms with van der Waals surface area (Å²) in [5, 5.41) is 8.79. The maximum atomic E-state index is 8.79. The van der Waals surface area contributed by atoms with Gasteiger partial charge in [0.15, 0.2) is 0 Å². The van der Waals surface area contributed by atoms with Crippen LogP contribution in [0.15, 0.2) is 18.3 Å². The molecule has 0 bridgehead atoms. The number of hydrogen-bond acceptors (Lipinski definition) is 2. The summed E-state index contributed by atoms with van der Waals surface area (Å²) in [5.74, 6) is 1.18. The van der Waals surface area contributed by atoms with Gasteiger partial charge in [-0.25, -0.2) is 0 Å². The molecule has 0 aliphatic rings. The Bertz CT molecular complexity index is 271. The van der Waals surface area contributed by atoms with Crippen LogP contribution in [-0.4, -0.2) is 18.6 Å². The van der Waals surface area contributed by atoms with Crippen LogP contribution in [0.5, 0.6) is 0 Å². The molecule has 1 heterocycles. The van der Waals surface area contributed by atoms with E-state index in [9.17, 15) is 0 Å². The molecule has 0 saturated carbocycles. The van der Waals surface area contributed by atoms with E-state index in [4.69, 9.17) is 5.26 Å². The predicted octanol–water partition coefficient (Wildman–Crippen LogP) is 2.00. The van der Waals surface area contributed by atoms with Gasteiger partial charge in [-0.05, 0) is 18.6 Å². The minimum atomic E-state index is 0.119. The third-order valence-corrected chi connectivity index (χ3v) is 2.16. The van der Waals surface area contributed by atoms with Gasteiger partial charge in [0.05, 0.1) is 12.0 Å². The van der Waals surface area contributed by atoms with Gasteiger partial charge in [0.2, 0.25) is 0 Å². The van der Waals surface area contributed by atoms with E-state index in [0.717, 1.165) is 18.8 Å². The Morgan fingerprint density at radius 1 is 1.69 bits per heavy atom. The Kier molecular flexibility index (Phi) is 3.39. The Morgan fingerprint density at radius 2 is 2.46 bits per heavy atom. The van der Waals surface area contributed by atoms with Crippen molar-refractivity contribution in [1.29, 1.82) is 5.26 Å². The number of rotatable bonds is 4. The fraction of sp³-hybridized carbons (Fsp3) is 0.500. The average Bonchev–Trinajstić information content (AvgIpc) is 2.66. The number of nitrogens with one attached hydrogen (secondary N) is 1. The lowest BCUT2D eigenvalue weighted by Gasteiger charge is -2.19. The molecule has 3 nitrogen and oxygen atoms in total. The van der Waals surface area contributed by atoms with Crippen LogP contribution in [0.4, 0.5) is 5.82 Å². The van der Waals surface area contributed by atoms with Crippen LogP contribution in [0, 0.1) is 17.2 Å². The lowest BCUT2D eigenvalue weighted by atomic mass is 10.1. The van der Waals surface area contributed by atoms with E-state index in [1.807, 2.05) is 32.3 Å². The first-order valence-corrected chi connectivity index (χ1v) is 4.52. The molecule has 1 aromatic rings. The van der Waals surface area contributed by atoms with Crippen molar-refractivity contribution in [2.75, 3.05) is 18.5 Å². The highest BCUT2D eigenvalue weighted by Gasteiger charge is 2.08. The van der Waals surface area contributed by atoms with Crippen molar-refractivity contribution < 1.29 is 0 Å². The van der Waals surface area contributed by atoms with Crippen molar-refractivity contribution in [3.8, 4) is 6.07 Å². The highest BCUT2D eigenvalue weighted by Crippen LogP contribution is 2.11. The number of H-pyrrole nitrogens is 1. The van der Waals surface area contributed by atoms with Crippen molar-refractivity contribution in [1.82, 2.24) is 4.98 Å². The Hall–Kier alpha value is -1.43. The van der Waals surface area contributed by atoms with E-state index < -0.39 is 0 Å². The smallest absolute Gasteiger partial charge is 0.105 e. The van der Waals surface area contributed by atoms with Gasteiger partial charge >= 0.3 is 0 Å². The van der Waals surface area contributed by atoms with Crippen LogP contribution in [0.25, 0.3) is 0 Å². The Morgan fingerprint density at radius 3 is 2.92 bits per heavy atom. The fourth-order valence-corrected chi connectivity index (χ4v) is 1.25. The molecule has 0 spiro atoms. The summed E-state index contributed by atoms with van der Waals surface area (Å²) in [6.07, 6.45) is 2.79. The molecule has 0 radical (unpaired) electrons. The van der Waals surface area contributed by atoms with Crippen molar-refractivity contribution in [3.63, 3.8) is 0 Å². The third-order valence-electron chi connectivity index (χ3n) is 2.16. The third kappa shape index (κ3) is 2.51. The average molecular weight is 177 g/mol. The first-order valence-electron chi connectivity index (χ1n) is 4.52. The number of nitriles is 1. The quantitative estimate of drug-likeness (QED) is 0.764. The van der Waals surface area contributed by atoms with Crippen LogP contribution in [0.1, 0.15) is 13.3 Å². The molecule has 1 rings (SSSR count). The second kappa shape index (κ2) is 4.56. The van der Waals surface area contributed by atoms with Gasteiger partial charge in [-0.15, -0.1) is 0 Å². The minimum absolute atomic E-state index is 0.119. The molecule has 1 aromatic heterocycles. The molecule has 70 valence electrons. The molecule has 3 heteroatoms.